The number of methoxy groups -OCH3 is 1. The maximum absolute atomic E-state index is 12.6. The number of carbonyl (C=O) groups is 2. The first kappa shape index (κ1) is 23.5. The van der Waals surface area contributed by atoms with Crippen LogP contribution in [0.25, 0.3) is 0 Å². The normalized spacial score (nSPS) is 10.4. The smallest absolute Gasteiger partial charge is 0.337 e. The molecule has 0 aromatic heterocycles. The lowest BCUT2D eigenvalue weighted by atomic mass is 9.97. The highest BCUT2D eigenvalue weighted by atomic mass is 35.5. The van der Waals surface area contributed by atoms with Crippen LogP contribution in [0.15, 0.2) is 0 Å². The van der Waals surface area contributed by atoms with Gasteiger partial charge in [0.1, 0.15) is 5.75 Å². The minimum absolute atomic E-state index is 0. The van der Waals surface area contributed by atoms with Gasteiger partial charge in [0.15, 0.2) is 0 Å². The Morgan fingerprint density at radius 2 is 1.72 bits per heavy atom. The standard InChI is InChI=1S/C17H25ClN2O4.ClH/c1-6-20(7-2)9-8-19-16(21)13-10(3)14(18)12(17(22)23)11(4)15(13)24-5;/h6-9H2,1-5H3,(H,19,21)(H,22,23);1H. The lowest BCUT2D eigenvalue weighted by Gasteiger charge is -2.20. The highest BCUT2D eigenvalue weighted by molar-refractivity contribution is 6.35. The summed E-state index contributed by atoms with van der Waals surface area (Å²) in [5.74, 6) is -1.22. The van der Waals surface area contributed by atoms with Gasteiger partial charge in [-0.15, -0.1) is 12.4 Å². The number of carbonyl (C=O) groups excluding carboxylic acids is 1. The van der Waals surface area contributed by atoms with E-state index in [-0.39, 0.29) is 40.2 Å². The SMILES string of the molecule is CCN(CC)CCNC(=O)c1c(C)c(Cl)c(C(=O)O)c(C)c1OC.Cl. The average Bonchev–Trinajstić information content (AvgIpc) is 2.54. The predicted molar refractivity (Wildman–Crippen MR) is 102 cm³/mol. The van der Waals surface area contributed by atoms with E-state index in [0.29, 0.717) is 17.7 Å². The molecule has 0 fully saturated rings. The van der Waals surface area contributed by atoms with Crippen molar-refractivity contribution >= 4 is 35.9 Å². The Balaban J connectivity index is 0.00000576. The number of nitrogens with zero attached hydrogens (tertiary/aromatic N) is 1. The second kappa shape index (κ2) is 10.5. The number of hydrogen-bond donors (Lipinski definition) is 2. The quantitative estimate of drug-likeness (QED) is 0.710. The van der Waals surface area contributed by atoms with Crippen LogP contribution >= 0.6 is 24.0 Å². The molecule has 142 valence electrons. The summed E-state index contributed by atoms with van der Waals surface area (Å²) in [6.07, 6.45) is 0. The Kier molecular flexibility index (Phi) is 9.85. The van der Waals surface area contributed by atoms with Gasteiger partial charge in [0.05, 0.1) is 23.3 Å². The summed E-state index contributed by atoms with van der Waals surface area (Å²) in [4.78, 5) is 26.2. The largest absolute Gasteiger partial charge is 0.496 e. The van der Waals surface area contributed by atoms with Crippen molar-refractivity contribution in [1.82, 2.24) is 10.2 Å². The van der Waals surface area contributed by atoms with Crippen LogP contribution in [0.5, 0.6) is 5.75 Å². The molecule has 6 nitrogen and oxygen atoms in total. The minimum atomic E-state index is -1.15. The van der Waals surface area contributed by atoms with Crippen molar-refractivity contribution in [3.05, 3.63) is 27.3 Å². The fourth-order valence-corrected chi connectivity index (χ4v) is 2.99. The Morgan fingerprint density at radius 3 is 2.16 bits per heavy atom. The van der Waals surface area contributed by atoms with Gasteiger partial charge in [-0.1, -0.05) is 25.4 Å². The molecule has 1 rings (SSSR count). The van der Waals surface area contributed by atoms with Crippen LogP contribution < -0.4 is 10.1 Å². The second-order valence-electron chi connectivity index (χ2n) is 5.44. The third-order valence-corrected chi connectivity index (χ3v) is 4.59. The van der Waals surface area contributed by atoms with Gasteiger partial charge in [-0.3, -0.25) is 4.79 Å². The van der Waals surface area contributed by atoms with Crippen molar-refractivity contribution in [2.45, 2.75) is 27.7 Å². The maximum Gasteiger partial charge on any atom is 0.337 e. The number of aromatic carboxylic acids is 1. The van der Waals surface area contributed by atoms with Crippen molar-refractivity contribution in [3.63, 3.8) is 0 Å². The lowest BCUT2D eigenvalue weighted by molar-refractivity contribution is 0.0695. The number of rotatable bonds is 8. The topological polar surface area (TPSA) is 78.9 Å². The number of amides is 1. The van der Waals surface area contributed by atoms with Crippen molar-refractivity contribution in [2.24, 2.45) is 0 Å². The van der Waals surface area contributed by atoms with Crippen LogP contribution in [-0.4, -0.2) is 55.2 Å². The Hall–Kier alpha value is -1.50. The monoisotopic (exact) mass is 392 g/mol. The molecule has 2 N–H and O–H groups in total. The average molecular weight is 393 g/mol. The summed E-state index contributed by atoms with van der Waals surface area (Å²) < 4.78 is 5.30. The first-order chi connectivity index (χ1) is 11.3. The Labute approximate surface area is 159 Å². The summed E-state index contributed by atoms with van der Waals surface area (Å²) in [5, 5.41) is 12.2. The predicted octanol–water partition coefficient (Wildman–Crippen LogP) is 3.16. The van der Waals surface area contributed by atoms with Gasteiger partial charge in [-0.25, -0.2) is 4.79 Å². The molecule has 0 saturated heterocycles. The summed E-state index contributed by atoms with van der Waals surface area (Å²) in [7, 11) is 1.41. The van der Waals surface area contributed by atoms with Gasteiger partial charge in [0.25, 0.3) is 5.91 Å². The molecule has 0 heterocycles. The molecule has 1 amide bonds. The molecule has 0 aliphatic carbocycles. The third kappa shape index (κ3) is 5.23. The summed E-state index contributed by atoms with van der Waals surface area (Å²) in [6.45, 7) is 10.4. The Bertz CT molecular complexity index is 632. The van der Waals surface area contributed by atoms with E-state index in [2.05, 4.69) is 24.1 Å². The highest BCUT2D eigenvalue weighted by Crippen LogP contribution is 2.36. The van der Waals surface area contributed by atoms with Crippen molar-refractivity contribution < 1.29 is 19.4 Å². The van der Waals surface area contributed by atoms with Gasteiger partial charge in [0, 0.05) is 18.7 Å². The van der Waals surface area contributed by atoms with E-state index in [1.165, 1.54) is 7.11 Å². The molecule has 0 radical (unpaired) electrons. The van der Waals surface area contributed by atoms with Crippen molar-refractivity contribution in [1.29, 1.82) is 0 Å². The zero-order valence-electron chi connectivity index (χ0n) is 15.2. The van der Waals surface area contributed by atoms with Crippen LogP contribution in [0, 0.1) is 13.8 Å². The van der Waals surface area contributed by atoms with E-state index in [1.807, 2.05) is 0 Å². The lowest BCUT2D eigenvalue weighted by Crippen LogP contribution is -2.35. The van der Waals surface area contributed by atoms with Crippen LogP contribution in [0.3, 0.4) is 0 Å². The number of hydrogen-bond acceptors (Lipinski definition) is 4. The maximum atomic E-state index is 12.6. The van der Waals surface area contributed by atoms with Crippen LogP contribution in [0.4, 0.5) is 0 Å². The summed E-state index contributed by atoms with van der Waals surface area (Å²) >= 11 is 6.18. The van der Waals surface area contributed by atoms with Gasteiger partial charge in [-0.05, 0) is 32.5 Å². The molecule has 25 heavy (non-hydrogen) atoms. The Morgan fingerprint density at radius 1 is 1.16 bits per heavy atom. The molecule has 0 unspecified atom stereocenters. The molecule has 0 spiro atoms. The molecule has 0 aliphatic rings. The van der Waals surface area contributed by atoms with E-state index in [0.717, 1.165) is 19.6 Å². The number of halogens is 2. The number of carboxylic acid groups (broad SMARTS) is 1. The molecular formula is C17H26Cl2N2O4. The number of likely N-dealkylation sites (N-methyl/N-ethyl adjacent to an activating group) is 1. The van der Waals surface area contributed by atoms with Gasteiger partial charge in [-0.2, -0.15) is 0 Å². The van der Waals surface area contributed by atoms with E-state index >= 15 is 0 Å². The third-order valence-electron chi connectivity index (χ3n) is 4.12. The fraction of sp³-hybridized carbons (Fsp3) is 0.529. The van der Waals surface area contributed by atoms with E-state index in [9.17, 15) is 14.7 Å². The van der Waals surface area contributed by atoms with Gasteiger partial charge in [0.2, 0.25) is 0 Å². The minimum Gasteiger partial charge on any atom is -0.496 e. The molecule has 1 aromatic rings. The van der Waals surface area contributed by atoms with Gasteiger partial charge < -0.3 is 20.1 Å². The second-order valence-corrected chi connectivity index (χ2v) is 5.81. The van der Waals surface area contributed by atoms with Crippen LogP contribution in [-0.2, 0) is 0 Å². The van der Waals surface area contributed by atoms with Crippen molar-refractivity contribution in [2.75, 3.05) is 33.3 Å². The molecule has 8 heteroatoms. The molecule has 0 aliphatic heterocycles. The van der Waals surface area contributed by atoms with E-state index < -0.39 is 5.97 Å². The van der Waals surface area contributed by atoms with Crippen molar-refractivity contribution in [3.8, 4) is 5.75 Å². The van der Waals surface area contributed by atoms with Gasteiger partial charge >= 0.3 is 5.97 Å². The fourth-order valence-electron chi connectivity index (χ4n) is 2.67. The number of nitrogens with one attached hydrogen (secondary N) is 1. The summed E-state index contributed by atoms with van der Waals surface area (Å²) in [5.41, 5.74) is 0.988. The first-order valence-corrected chi connectivity index (χ1v) is 8.28. The molecule has 0 saturated carbocycles. The van der Waals surface area contributed by atoms with Crippen LogP contribution in [0.2, 0.25) is 5.02 Å². The highest BCUT2D eigenvalue weighted by Gasteiger charge is 2.26. The number of carboxylic acids is 1. The number of ether oxygens (including phenoxy) is 1. The molecule has 0 bridgehead atoms. The molecule has 0 atom stereocenters. The zero-order chi connectivity index (χ0) is 18.4. The molecule has 1 aromatic carbocycles. The van der Waals surface area contributed by atoms with E-state index in [4.69, 9.17) is 16.3 Å². The van der Waals surface area contributed by atoms with Crippen LogP contribution in [0.1, 0.15) is 45.7 Å². The first-order valence-electron chi connectivity index (χ1n) is 7.90. The zero-order valence-corrected chi connectivity index (χ0v) is 16.8. The summed E-state index contributed by atoms with van der Waals surface area (Å²) in [6, 6.07) is 0. The molecular weight excluding hydrogens is 367 g/mol. The number of benzene rings is 1. The van der Waals surface area contributed by atoms with E-state index in [1.54, 1.807) is 13.8 Å².